The number of carbonyl (C=O) groups excluding carboxylic acids is 2. The van der Waals surface area contributed by atoms with E-state index in [9.17, 15) is 9.59 Å². The summed E-state index contributed by atoms with van der Waals surface area (Å²) in [5.74, 6) is -0.996. The fourth-order valence-corrected chi connectivity index (χ4v) is 2.77. The lowest BCUT2D eigenvalue weighted by molar-refractivity contribution is -0.123. The second-order valence-electron chi connectivity index (χ2n) is 6.02. The number of hydrogen-bond acceptors (Lipinski definition) is 5. The summed E-state index contributed by atoms with van der Waals surface area (Å²) in [5.41, 5.74) is 2.35. The van der Waals surface area contributed by atoms with E-state index in [1.807, 2.05) is 12.1 Å². The van der Waals surface area contributed by atoms with Gasteiger partial charge in [0.05, 0.1) is 16.8 Å². The van der Waals surface area contributed by atoms with Crippen molar-refractivity contribution in [2.24, 2.45) is 0 Å². The smallest absolute Gasteiger partial charge is 0.339 e. The second kappa shape index (κ2) is 6.87. The van der Waals surface area contributed by atoms with E-state index in [0.29, 0.717) is 16.9 Å². The van der Waals surface area contributed by atoms with Crippen molar-refractivity contribution in [1.29, 1.82) is 0 Å². The van der Waals surface area contributed by atoms with E-state index in [0.717, 1.165) is 10.9 Å². The van der Waals surface area contributed by atoms with Gasteiger partial charge in [-0.1, -0.05) is 6.07 Å². The molecule has 3 aromatic heterocycles. The van der Waals surface area contributed by atoms with Gasteiger partial charge in [-0.05, 0) is 43.3 Å². The first kappa shape index (κ1) is 16.7. The highest BCUT2D eigenvalue weighted by Crippen LogP contribution is 2.21. The molecule has 1 atom stereocenters. The van der Waals surface area contributed by atoms with Crippen molar-refractivity contribution in [3.63, 3.8) is 0 Å². The Morgan fingerprint density at radius 2 is 1.96 bits per heavy atom. The number of hydrogen-bond donors (Lipinski definition) is 1. The van der Waals surface area contributed by atoms with Gasteiger partial charge < -0.3 is 14.5 Å². The van der Waals surface area contributed by atoms with Crippen LogP contribution in [0.2, 0.25) is 0 Å². The average Bonchev–Trinajstić information content (AvgIpc) is 3.16. The second-order valence-corrected chi connectivity index (χ2v) is 6.02. The van der Waals surface area contributed by atoms with Gasteiger partial charge in [-0.3, -0.25) is 9.78 Å². The van der Waals surface area contributed by atoms with Crippen molar-refractivity contribution in [1.82, 2.24) is 14.4 Å². The van der Waals surface area contributed by atoms with Gasteiger partial charge in [0.25, 0.3) is 5.91 Å². The maximum Gasteiger partial charge on any atom is 0.339 e. The maximum absolute atomic E-state index is 12.5. The van der Waals surface area contributed by atoms with Crippen molar-refractivity contribution < 1.29 is 14.3 Å². The summed E-state index contributed by atoms with van der Waals surface area (Å²) in [4.78, 5) is 33.2. The molecule has 0 saturated heterocycles. The lowest BCUT2D eigenvalue weighted by Crippen LogP contribution is -2.30. The summed E-state index contributed by atoms with van der Waals surface area (Å²) in [7, 11) is 0. The molecule has 3 heterocycles. The summed E-state index contributed by atoms with van der Waals surface area (Å²) in [5, 5.41) is 3.61. The summed E-state index contributed by atoms with van der Waals surface area (Å²) in [6, 6.07) is 12.4. The Morgan fingerprint density at radius 3 is 2.85 bits per heavy atom. The molecule has 0 aliphatic carbocycles. The van der Waals surface area contributed by atoms with Crippen LogP contribution in [-0.2, 0) is 9.53 Å². The minimum atomic E-state index is -0.958. The van der Waals surface area contributed by atoms with Crippen molar-refractivity contribution in [2.75, 3.05) is 5.32 Å². The summed E-state index contributed by atoms with van der Waals surface area (Å²) >= 11 is 0. The van der Waals surface area contributed by atoms with Crippen LogP contribution in [-0.4, -0.2) is 32.3 Å². The normalized spacial score (nSPS) is 12.0. The third-order valence-electron chi connectivity index (χ3n) is 4.19. The molecular weight excluding hydrogens is 344 g/mol. The molecule has 0 bridgehead atoms. The number of benzene rings is 1. The number of nitrogens with zero attached hydrogens (tertiary/aromatic N) is 3. The summed E-state index contributed by atoms with van der Waals surface area (Å²) in [6.45, 7) is 1.53. The van der Waals surface area contributed by atoms with Crippen LogP contribution in [0.5, 0.6) is 0 Å². The monoisotopic (exact) mass is 360 g/mol. The first-order valence-corrected chi connectivity index (χ1v) is 8.40. The lowest BCUT2D eigenvalue weighted by atomic mass is 10.2. The van der Waals surface area contributed by atoms with Crippen molar-refractivity contribution in [2.45, 2.75) is 13.0 Å². The van der Waals surface area contributed by atoms with Crippen molar-refractivity contribution in [3.8, 4) is 0 Å². The van der Waals surface area contributed by atoms with Crippen LogP contribution in [0.15, 0.2) is 67.3 Å². The number of ether oxygens (including phenoxy) is 1. The van der Waals surface area contributed by atoms with Gasteiger partial charge in [-0.25, -0.2) is 9.78 Å². The summed E-state index contributed by atoms with van der Waals surface area (Å²) < 4.78 is 7.08. The molecule has 0 aliphatic heterocycles. The average molecular weight is 360 g/mol. The Kier molecular flexibility index (Phi) is 4.25. The van der Waals surface area contributed by atoms with Gasteiger partial charge >= 0.3 is 5.97 Å². The predicted molar refractivity (Wildman–Crippen MR) is 100 cm³/mol. The number of fused-ring (bicyclic) bond motifs is 2. The molecule has 1 amide bonds. The highest BCUT2D eigenvalue weighted by molar-refractivity contribution is 6.03. The fraction of sp³-hybridized carbons (Fsp3) is 0.100. The van der Waals surface area contributed by atoms with E-state index >= 15 is 0 Å². The molecule has 0 saturated carbocycles. The predicted octanol–water partition coefficient (Wildman–Crippen LogP) is 3.07. The zero-order valence-corrected chi connectivity index (χ0v) is 14.5. The third-order valence-corrected chi connectivity index (χ3v) is 4.19. The van der Waals surface area contributed by atoms with E-state index in [4.69, 9.17) is 4.74 Å². The number of anilines is 1. The number of pyridine rings is 2. The number of rotatable bonds is 4. The van der Waals surface area contributed by atoms with E-state index in [2.05, 4.69) is 15.3 Å². The van der Waals surface area contributed by atoms with Gasteiger partial charge in [-0.15, -0.1) is 0 Å². The van der Waals surface area contributed by atoms with Crippen LogP contribution in [0.1, 0.15) is 17.3 Å². The molecule has 134 valence electrons. The number of carbonyl (C=O) groups is 2. The van der Waals surface area contributed by atoms with Crippen LogP contribution < -0.4 is 5.32 Å². The molecule has 0 spiro atoms. The number of aromatic nitrogens is 3. The Balaban J connectivity index is 1.47. The molecule has 0 unspecified atom stereocenters. The fourth-order valence-electron chi connectivity index (χ4n) is 2.77. The van der Waals surface area contributed by atoms with Gasteiger partial charge in [0.1, 0.15) is 5.65 Å². The zero-order chi connectivity index (χ0) is 18.8. The number of amides is 1. The highest BCUT2D eigenvalue weighted by Gasteiger charge is 2.20. The molecule has 1 N–H and O–H groups in total. The number of esters is 1. The van der Waals surface area contributed by atoms with E-state index < -0.39 is 18.0 Å². The first-order chi connectivity index (χ1) is 13.1. The SMILES string of the molecule is C[C@H](OC(=O)c1ccn2ccnc2c1)C(=O)Nc1cccc2ncccc12. The number of imidazole rings is 1. The highest BCUT2D eigenvalue weighted by atomic mass is 16.5. The molecule has 0 fully saturated rings. The Labute approximate surface area is 154 Å². The zero-order valence-electron chi connectivity index (χ0n) is 14.5. The third kappa shape index (κ3) is 3.35. The van der Waals surface area contributed by atoms with Gasteiger partial charge in [0, 0.05) is 30.2 Å². The molecule has 0 radical (unpaired) electrons. The van der Waals surface area contributed by atoms with Crippen LogP contribution in [0.3, 0.4) is 0 Å². The van der Waals surface area contributed by atoms with Crippen LogP contribution in [0, 0.1) is 0 Å². The van der Waals surface area contributed by atoms with E-state index in [-0.39, 0.29) is 0 Å². The molecule has 4 rings (SSSR count). The van der Waals surface area contributed by atoms with Crippen LogP contribution >= 0.6 is 0 Å². The largest absolute Gasteiger partial charge is 0.449 e. The standard InChI is InChI=1S/C20H16N4O3/c1-13(27-20(26)14-7-10-24-11-9-22-18(24)12-14)19(25)23-17-6-2-5-16-15(17)4-3-8-21-16/h2-13H,1H3,(H,23,25)/t13-/m0/s1. The Hall–Kier alpha value is -3.74. The Bertz CT molecular complexity index is 1150. The van der Waals surface area contributed by atoms with Crippen molar-refractivity contribution in [3.05, 3.63) is 72.8 Å². The first-order valence-electron chi connectivity index (χ1n) is 8.40. The minimum absolute atomic E-state index is 0.336. The van der Waals surface area contributed by atoms with E-state index in [1.54, 1.807) is 59.5 Å². The van der Waals surface area contributed by atoms with Gasteiger partial charge in [0.15, 0.2) is 6.10 Å². The molecule has 27 heavy (non-hydrogen) atoms. The van der Waals surface area contributed by atoms with Crippen LogP contribution in [0.25, 0.3) is 16.6 Å². The topological polar surface area (TPSA) is 85.6 Å². The quantitative estimate of drug-likeness (QED) is 0.565. The molecule has 4 aromatic rings. The van der Waals surface area contributed by atoms with Crippen LogP contribution in [0.4, 0.5) is 5.69 Å². The Morgan fingerprint density at radius 1 is 1.07 bits per heavy atom. The number of nitrogens with one attached hydrogen (secondary N) is 1. The molecular formula is C20H16N4O3. The summed E-state index contributed by atoms with van der Waals surface area (Å²) in [6.07, 6.45) is 5.86. The molecule has 0 aliphatic rings. The van der Waals surface area contributed by atoms with Gasteiger partial charge in [0.2, 0.25) is 0 Å². The molecule has 7 nitrogen and oxygen atoms in total. The molecule has 7 heteroatoms. The van der Waals surface area contributed by atoms with Gasteiger partial charge in [-0.2, -0.15) is 0 Å². The molecule has 1 aromatic carbocycles. The lowest BCUT2D eigenvalue weighted by Gasteiger charge is -2.14. The van der Waals surface area contributed by atoms with Crippen molar-refractivity contribution >= 4 is 34.1 Å². The maximum atomic E-state index is 12.5. The van der Waals surface area contributed by atoms with E-state index in [1.165, 1.54) is 6.92 Å². The minimum Gasteiger partial charge on any atom is -0.449 e.